The van der Waals surface area contributed by atoms with Gasteiger partial charge in [-0.15, -0.1) is 11.3 Å². The lowest BCUT2D eigenvalue weighted by Gasteiger charge is -2.08. The summed E-state index contributed by atoms with van der Waals surface area (Å²) in [5.41, 5.74) is 4.01. The zero-order valence-corrected chi connectivity index (χ0v) is 18.2. The fourth-order valence-corrected chi connectivity index (χ4v) is 3.44. The molecule has 0 aliphatic heterocycles. The summed E-state index contributed by atoms with van der Waals surface area (Å²) in [5.74, 6) is -0.897. The second kappa shape index (κ2) is 11.0. The Labute approximate surface area is 187 Å². The van der Waals surface area contributed by atoms with Crippen molar-refractivity contribution in [3.05, 3.63) is 104 Å². The molecule has 3 rings (SSSR count). The smallest absolute Gasteiger partial charge is 0.287 e. The van der Waals surface area contributed by atoms with Gasteiger partial charge in [0.15, 0.2) is 0 Å². The van der Waals surface area contributed by atoms with Gasteiger partial charge < -0.3 is 5.32 Å². The van der Waals surface area contributed by atoms with Gasteiger partial charge in [-0.3, -0.25) is 9.59 Å². The molecule has 5 nitrogen and oxygen atoms in total. The van der Waals surface area contributed by atoms with Crippen LogP contribution in [0.3, 0.4) is 0 Å². The van der Waals surface area contributed by atoms with Crippen LogP contribution in [0.5, 0.6) is 0 Å². The molecule has 0 aliphatic rings. The molecule has 7 heteroatoms. The molecule has 3 aromatic rings. The fraction of sp³-hybridized carbons (Fsp3) is 0. The molecule has 1 heterocycles. The van der Waals surface area contributed by atoms with E-state index in [1.807, 2.05) is 60.0 Å². The van der Waals surface area contributed by atoms with Gasteiger partial charge in [-0.25, -0.2) is 5.43 Å². The van der Waals surface area contributed by atoms with E-state index in [4.69, 9.17) is 0 Å². The third kappa shape index (κ3) is 6.65. The SMILES string of the molecule is O=C(NN=C/C(Br)=C\c1ccccc1)/C(=C/c1cccs1)NC(=O)c1ccccc1. The van der Waals surface area contributed by atoms with E-state index in [0.717, 1.165) is 10.4 Å². The lowest BCUT2D eigenvalue weighted by atomic mass is 10.2. The highest BCUT2D eigenvalue weighted by Crippen LogP contribution is 2.13. The minimum Gasteiger partial charge on any atom is -0.317 e. The molecule has 1 aromatic heterocycles. The molecule has 150 valence electrons. The van der Waals surface area contributed by atoms with Crippen molar-refractivity contribution in [2.75, 3.05) is 0 Å². The molecule has 0 fully saturated rings. The van der Waals surface area contributed by atoms with E-state index in [1.54, 1.807) is 30.3 Å². The number of hydrazone groups is 1. The largest absolute Gasteiger partial charge is 0.317 e. The number of halogens is 1. The van der Waals surface area contributed by atoms with Crippen LogP contribution in [0.4, 0.5) is 0 Å². The highest BCUT2D eigenvalue weighted by atomic mass is 79.9. The number of thiophene rings is 1. The first-order chi connectivity index (χ1) is 14.6. The molecule has 2 N–H and O–H groups in total. The van der Waals surface area contributed by atoms with Crippen molar-refractivity contribution in [2.24, 2.45) is 5.10 Å². The lowest BCUT2D eigenvalue weighted by molar-refractivity contribution is -0.117. The number of amides is 2. The second-order valence-corrected chi connectivity index (χ2v) is 7.93. The van der Waals surface area contributed by atoms with Gasteiger partial charge in [0.25, 0.3) is 11.8 Å². The number of allylic oxidation sites excluding steroid dienone is 1. The number of nitrogens with one attached hydrogen (secondary N) is 2. The van der Waals surface area contributed by atoms with Crippen LogP contribution in [0.15, 0.2) is 93.5 Å². The van der Waals surface area contributed by atoms with Crippen LogP contribution in [0, 0.1) is 0 Å². The average Bonchev–Trinajstić information content (AvgIpc) is 3.27. The van der Waals surface area contributed by atoms with Gasteiger partial charge in [-0.1, -0.05) is 54.6 Å². The van der Waals surface area contributed by atoms with Crippen LogP contribution >= 0.6 is 27.3 Å². The molecule has 2 aromatic carbocycles. The molecule has 30 heavy (non-hydrogen) atoms. The molecule has 0 aliphatic carbocycles. The average molecular weight is 480 g/mol. The van der Waals surface area contributed by atoms with Gasteiger partial charge in [0.05, 0.1) is 6.21 Å². The number of benzene rings is 2. The Morgan fingerprint density at radius 1 is 0.900 bits per heavy atom. The molecular formula is C23H18BrN3O2S. The molecule has 0 bridgehead atoms. The summed E-state index contributed by atoms with van der Waals surface area (Å²) in [6.45, 7) is 0. The van der Waals surface area contributed by atoms with Crippen LogP contribution in [-0.2, 0) is 4.79 Å². The van der Waals surface area contributed by atoms with Gasteiger partial charge >= 0.3 is 0 Å². The normalized spacial score (nSPS) is 12.0. The maximum atomic E-state index is 12.6. The molecule has 0 radical (unpaired) electrons. The molecule has 0 saturated heterocycles. The van der Waals surface area contributed by atoms with Crippen molar-refractivity contribution in [1.29, 1.82) is 0 Å². The zero-order chi connectivity index (χ0) is 21.2. The zero-order valence-electron chi connectivity index (χ0n) is 15.8. The van der Waals surface area contributed by atoms with Crippen molar-refractivity contribution >= 4 is 57.4 Å². The molecule has 0 unspecified atom stereocenters. The van der Waals surface area contributed by atoms with Crippen LogP contribution in [0.1, 0.15) is 20.8 Å². The third-order valence-electron chi connectivity index (χ3n) is 3.82. The monoisotopic (exact) mass is 479 g/mol. The first-order valence-corrected chi connectivity index (χ1v) is 10.7. The maximum absolute atomic E-state index is 12.6. The van der Waals surface area contributed by atoms with Crippen LogP contribution in [-0.4, -0.2) is 18.0 Å². The Bertz CT molecular complexity index is 1080. The first-order valence-electron chi connectivity index (χ1n) is 8.99. The maximum Gasteiger partial charge on any atom is 0.287 e. The topological polar surface area (TPSA) is 70.6 Å². The van der Waals surface area contributed by atoms with Gasteiger partial charge in [-0.2, -0.15) is 5.10 Å². The fourth-order valence-electron chi connectivity index (χ4n) is 2.42. The summed E-state index contributed by atoms with van der Waals surface area (Å²) in [6, 6.07) is 22.1. The van der Waals surface area contributed by atoms with Crippen LogP contribution in [0.25, 0.3) is 12.2 Å². The highest BCUT2D eigenvalue weighted by Gasteiger charge is 2.14. The molecule has 2 amide bonds. The Kier molecular flexibility index (Phi) is 7.88. The van der Waals surface area contributed by atoms with Crippen LogP contribution < -0.4 is 10.7 Å². The van der Waals surface area contributed by atoms with Gasteiger partial charge in [0.2, 0.25) is 0 Å². The standard InChI is InChI=1S/C23H18BrN3O2S/c24-19(14-17-8-3-1-4-9-17)16-25-27-23(29)21(15-20-12-7-13-30-20)26-22(28)18-10-5-2-6-11-18/h1-16H,(H,26,28)(H,27,29)/b19-14+,21-15-,25-16?. The van der Waals surface area contributed by atoms with Crippen molar-refractivity contribution in [1.82, 2.24) is 10.7 Å². The Balaban J connectivity index is 1.71. The number of hydrogen-bond acceptors (Lipinski definition) is 4. The van der Waals surface area contributed by atoms with Crippen molar-refractivity contribution in [3.8, 4) is 0 Å². The Hall–Kier alpha value is -3.29. The van der Waals surface area contributed by atoms with E-state index in [-0.39, 0.29) is 11.6 Å². The molecule has 0 saturated carbocycles. The van der Waals surface area contributed by atoms with E-state index < -0.39 is 5.91 Å². The summed E-state index contributed by atoms with van der Waals surface area (Å²) < 4.78 is 0.686. The Morgan fingerprint density at radius 3 is 2.27 bits per heavy atom. The Morgan fingerprint density at radius 2 is 1.60 bits per heavy atom. The first kappa shape index (κ1) is 21.4. The van der Waals surface area contributed by atoms with E-state index >= 15 is 0 Å². The predicted octanol–water partition coefficient (Wildman–Crippen LogP) is 5.06. The molecule has 0 atom stereocenters. The molecule has 0 spiro atoms. The number of carbonyl (C=O) groups excluding carboxylic acids is 2. The third-order valence-corrected chi connectivity index (χ3v) is 5.07. The summed E-state index contributed by atoms with van der Waals surface area (Å²) in [7, 11) is 0. The van der Waals surface area contributed by atoms with E-state index in [2.05, 4.69) is 31.8 Å². The number of hydrogen-bond donors (Lipinski definition) is 2. The van der Waals surface area contributed by atoms with Crippen molar-refractivity contribution < 1.29 is 9.59 Å². The highest BCUT2D eigenvalue weighted by molar-refractivity contribution is 9.12. The summed E-state index contributed by atoms with van der Waals surface area (Å²) >= 11 is 4.86. The predicted molar refractivity (Wildman–Crippen MR) is 126 cm³/mol. The van der Waals surface area contributed by atoms with Gasteiger partial charge in [0, 0.05) is 14.9 Å². The van der Waals surface area contributed by atoms with E-state index in [1.165, 1.54) is 17.6 Å². The second-order valence-electron chi connectivity index (χ2n) is 6.03. The van der Waals surface area contributed by atoms with E-state index in [9.17, 15) is 9.59 Å². The minimum absolute atomic E-state index is 0.103. The molecular weight excluding hydrogens is 462 g/mol. The summed E-state index contributed by atoms with van der Waals surface area (Å²) in [4.78, 5) is 26.0. The van der Waals surface area contributed by atoms with Crippen LogP contribution in [0.2, 0.25) is 0 Å². The number of nitrogens with zero attached hydrogens (tertiary/aromatic N) is 1. The summed E-state index contributed by atoms with van der Waals surface area (Å²) in [6.07, 6.45) is 4.97. The number of carbonyl (C=O) groups is 2. The minimum atomic E-state index is -0.524. The van der Waals surface area contributed by atoms with E-state index in [0.29, 0.717) is 10.0 Å². The lowest BCUT2D eigenvalue weighted by Crippen LogP contribution is -2.32. The van der Waals surface area contributed by atoms with Gasteiger partial charge in [-0.05, 0) is 57.2 Å². The summed E-state index contributed by atoms with van der Waals surface area (Å²) in [5, 5.41) is 8.53. The van der Waals surface area contributed by atoms with Crippen molar-refractivity contribution in [2.45, 2.75) is 0 Å². The number of rotatable bonds is 7. The van der Waals surface area contributed by atoms with Gasteiger partial charge in [0.1, 0.15) is 5.70 Å². The quantitative estimate of drug-likeness (QED) is 0.282. The van der Waals surface area contributed by atoms with Crippen molar-refractivity contribution in [3.63, 3.8) is 0 Å².